The van der Waals surface area contributed by atoms with Crippen LogP contribution in [-0.2, 0) is 25.2 Å². The van der Waals surface area contributed by atoms with Gasteiger partial charge in [0.1, 0.15) is 0 Å². The average Bonchev–Trinajstić information content (AvgIpc) is 3.19. The number of rotatable bonds is 14. The summed E-state index contributed by atoms with van der Waals surface area (Å²) in [7, 11) is 0.764. The Morgan fingerprint density at radius 1 is 0.897 bits per heavy atom. The SMILES string of the molecule is CN(C[C@@H](CCN1CCC(c2ccccc2S(C)=O)CC1)c1ccc(Cl)c(Cl)c1)C(=O)c1cc(C#N)cc2cc(C#N)ccc12.O=C(O)CC(O)(CC(=O)O)C(=O)O. The van der Waals surface area contributed by atoms with Crippen LogP contribution >= 0.6 is 23.2 Å². The van der Waals surface area contributed by atoms with Gasteiger partial charge in [0.15, 0.2) is 5.60 Å². The summed E-state index contributed by atoms with van der Waals surface area (Å²) in [5, 5.41) is 55.1. The molecule has 4 N–H and O–H groups in total. The standard InChI is InChI=1S/C36H34Cl2N4O2S.C6H8O7/c1-41(36(43)32-19-25(22-40)18-29-17-24(21-39)7-9-30(29)32)23-28(27-8-10-33(37)34(38)20-27)13-16-42-14-11-26(12-15-42)31-5-3-4-6-35(31)45(2)44;7-3(8)1-6(13,5(11)12)2-4(9)10/h3-10,17-20,26,28H,11-16,23H2,1-2H3;13H,1-2H2,(H,7,8)(H,9,10)(H,11,12)/t28-,45?;/m1./s1. The van der Waals surface area contributed by atoms with Gasteiger partial charge in [0.2, 0.25) is 0 Å². The van der Waals surface area contributed by atoms with Crippen molar-refractivity contribution in [1.29, 1.82) is 10.5 Å². The molecule has 58 heavy (non-hydrogen) atoms. The van der Waals surface area contributed by atoms with E-state index in [1.54, 1.807) is 54.6 Å². The summed E-state index contributed by atoms with van der Waals surface area (Å²) in [6.07, 6.45) is 2.26. The third kappa shape index (κ3) is 11.8. The summed E-state index contributed by atoms with van der Waals surface area (Å²) >= 11 is 12.7. The fraction of sp³-hybridized carbons (Fsp3) is 0.333. The number of nitriles is 2. The van der Waals surface area contributed by atoms with Crippen LogP contribution in [0.4, 0.5) is 0 Å². The summed E-state index contributed by atoms with van der Waals surface area (Å²) in [6.45, 7) is 3.17. The number of carbonyl (C=O) groups excluding carboxylic acids is 1. The van der Waals surface area contributed by atoms with E-state index in [1.807, 2.05) is 30.3 Å². The Labute approximate surface area is 348 Å². The highest BCUT2D eigenvalue weighted by molar-refractivity contribution is 7.84. The summed E-state index contributed by atoms with van der Waals surface area (Å²) < 4.78 is 12.3. The summed E-state index contributed by atoms with van der Waals surface area (Å²) in [6, 6.07) is 26.5. The Hall–Kier alpha value is -5.35. The van der Waals surface area contributed by atoms with E-state index in [9.17, 15) is 33.9 Å². The Balaban J connectivity index is 0.000000492. The van der Waals surface area contributed by atoms with Gasteiger partial charge in [0.05, 0.1) is 57.0 Å². The average molecular weight is 850 g/mol. The van der Waals surface area contributed by atoms with Crippen molar-refractivity contribution in [2.75, 3.05) is 39.5 Å². The zero-order chi connectivity index (χ0) is 42.7. The van der Waals surface area contributed by atoms with Crippen LogP contribution < -0.4 is 0 Å². The lowest BCUT2D eigenvalue weighted by Gasteiger charge is -2.34. The molecule has 16 heteroatoms. The fourth-order valence-corrected chi connectivity index (χ4v) is 8.17. The Morgan fingerprint density at radius 2 is 1.52 bits per heavy atom. The highest BCUT2D eigenvalue weighted by atomic mass is 35.5. The van der Waals surface area contributed by atoms with Crippen molar-refractivity contribution in [2.24, 2.45) is 0 Å². The molecule has 4 aromatic carbocycles. The largest absolute Gasteiger partial charge is 0.481 e. The van der Waals surface area contributed by atoms with Crippen LogP contribution in [0.25, 0.3) is 10.8 Å². The van der Waals surface area contributed by atoms with Crippen molar-refractivity contribution >= 4 is 68.6 Å². The summed E-state index contributed by atoms with van der Waals surface area (Å²) in [5.41, 5.74) is 0.734. The number of hydrogen-bond acceptors (Lipinski definition) is 9. The Morgan fingerprint density at radius 3 is 2.09 bits per heavy atom. The van der Waals surface area contributed by atoms with Gasteiger partial charge in [-0.05, 0) is 109 Å². The molecule has 1 unspecified atom stereocenters. The van der Waals surface area contributed by atoms with Gasteiger partial charge >= 0.3 is 17.9 Å². The zero-order valence-electron chi connectivity index (χ0n) is 31.7. The number of likely N-dealkylation sites (N-methyl/N-ethyl adjacent to an activating group) is 1. The van der Waals surface area contributed by atoms with E-state index in [1.165, 1.54) is 5.56 Å². The predicted octanol–water partition coefficient (Wildman–Crippen LogP) is 6.50. The van der Waals surface area contributed by atoms with Crippen LogP contribution in [0.3, 0.4) is 0 Å². The molecule has 1 aliphatic rings. The zero-order valence-corrected chi connectivity index (χ0v) is 34.1. The first-order valence-electron chi connectivity index (χ1n) is 18.1. The van der Waals surface area contributed by atoms with Crippen molar-refractivity contribution in [2.45, 2.75) is 54.4 Å². The highest BCUT2D eigenvalue weighted by Crippen LogP contribution is 2.34. The molecule has 0 saturated carbocycles. The third-order valence-corrected chi connectivity index (χ3v) is 11.8. The molecule has 0 bridgehead atoms. The van der Waals surface area contributed by atoms with E-state index in [-0.39, 0.29) is 11.8 Å². The molecule has 5 rings (SSSR count). The van der Waals surface area contributed by atoms with Gasteiger partial charge in [0.25, 0.3) is 5.91 Å². The number of halogens is 2. The number of amides is 1. The molecule has 13 nitrogen and oxygen atoms in total. The van der Waals surface area contributed by atoms with Gasteiger partial charge in [-0.15, -0.1) is 0 Å². The lowest BCUT2D eigenvalue weighted by molar-refractivity contribution is -0.170. The monoisotopic (exact) mass is 848 g/mol. The van der Waals surface area contributed by atoms with Gasteiger partial charge in [-0.1, -0.05) is 53.5 Å². The molecule has 0 aliphatic carbocycles. The van der Waals surface area contributed by atoms with Gasteiger partial charge in [0, 0.05) is 36.2 Å². The van der Waals surface area contributed by atoms with E-state index in [2.05, 4.69) is 23.1 Å². The number of aliphatic hydroxyl groups is 1. The highest BCUT2D eigenvalue weighted by Gasteiger charge is 2.40. The maximum atomic E-state index is 13.9. The van der Waals surface area contributed by atoms with Crippen molar-refractivity contribution in [3.8, 4) is 12.1 Å². The minimum atomic E-state index is -2.74. The van der Waals surface area contributed by atoms with Crippen LogP contribution in [0.15, 0.2) is 77.7 Å². The second kappa shape index (κ2) is 20.4. The van der Waals surface area contributed by atoms with E-state index in [0.29, 0.717) is 50.0 Å². The van der Waals surface area contributed by atoms with Gasteiger partial charge in [-0.25, -0.2) is 4.79 Å². The smallest absolute Gasteiger partial charge is 0.336 e. The maximum Gasteiger partial charge on any atom is 0.336 e. The fourth-order valence-electron chi connectivity index (χ4n) is 7.03. The van der Waals surface area contributed by atoms with Crippen LogP contribution in [-0.4, -0.2) is 103 Å². The number of hydrogen-bond donors (Lipinski definition) is 4. The molecule has 2 atom stereocenters. The molecule has 1 saturated heterocycles. The van der Waals surface area contributed by atoms with Crippen LogP contribution in [0.5, 0.6) is 0 Å². The first-order valence-corrected chi connectivity index (χ1v) is 20.4. The Kier molecular flexibility index (Phi) is 15.9. The first kappa shape index (κ1) is 45.4. The minimum absolute atomic E-state index is 0.00900. The van der Waals surface area contributed by atoms with Crippen LogP contribution in [0, 0.1) is 22.7 Å². The topological polar surface area (TPSA) is 220 Å². The van der Waals surface area contributed by atoms with Crippen molar-refractivity contribution in [3.05, 3.63) is 111 Å². The summed E-state index contributed by atoms with van der Waals surface area (Å²) in [5.74, 6) is -4.83. The number of carboxylic acid groups (broad SMARTS) is 3. The summed E-state index contributed by atoms with van der Waals surface area (Å²) in [4.78, 5) is 49.5. The molecular weight excluding hydrogens is 807 g/mol. The van der Waals surface area contributed by atoms with Crippen LogP contribution in [0.2, 0.25) is 10.0 Å². The lowest BCUT2D eigenvalue weighted by Crippen LogP contribution is -2.42. The number of benzene rings is 4. The van der Waals surface area contributed by atoms with E-state index >= 15 is 0 Å². The number of carboxylic acids is 3. The third-order valence-electron chi connectivity index (χ3n) is 10.0. The predicted molar refractivity (Wildman–Crippen MR) is 218 cm³/mol. The normalized spacial score (nSPS) is 14.3. The quantitative estimate of drug-likeness (QED) is 0.107. The van der Waals surface area contributed by atoms with Gasteiger partial charge < -0.3 is 30.2 Å². The molecule has 304 valence electrons. The molecule has 0 radical (unpaired) electrons. The van der Waals surface area contributed by atoms with Crippen molar-refractivity contribution in [3.63, 3.8) is 0 Å². The number of fused-ring (bicyclic) bond motifs is 1. The number of piperidine rings is 1. The number of carbonyl (C=O) groups is 4. The van der Waals surface area contributed by atoms with Crippen LogP contribution in [0.1, 0.15) is 76.6 Å². The first-order chi connectivity index (χ1) is 27.5. The number of aliphatic carboxylic acids is 3. The lowest BCUT2D eigenvalue weighted by atomic mass is 9.88. The molecule has 1 amide bonds. The molecular formula is C42H42Cl2N4O9S. The van der Waals surface area contributed by atoms with Gasteiger partial charge in [-0.3, -0.25) is 18.6 Å². The van der Waals surface area contributed by atoms with Crippen molar-refractivity contribution < 1.29 is 43.8 Å². The molecule has 1 heterocycles. The molecule has 4 aromatic rings. The number of nitrogens with zero attached hydrogens (tertiary/aromatic N) is 4. The second-order valence-corrected chi connectivity index (χ2v) is 16.3. The second-order valence-electron chi connectivity index (χ2n) is 14.1. The van der Waals surface area contributed by atoms with E-state index < -0.39 is 47.2 Å². The molecule has 0 spiro atoms. The Bertz CT molecular complexity index is 2280. The van der Waals surface area contributed by atoms with E-state index in [4.69, 9.17) is 43.6 Å². The van der Waals surface area contributed by atoms with Gasteiger partial charge in [-0.2, -0.15) is 10.5 Å². The molecule has 0 aromatic heterocycles. The molecule has 1 aliphatic heterocycles. The van der Waals surface area contributed by atoms with Crippen molar-refractivity contribution in [1.82, 2.24) is 9.80 Å². The maximum absolute atomic E-state index is 13.9. The number of likely N-dealkylation sites (tertiary alicyclic amines) is 1. The minimum Gasteiger partial charge on any atom is -0.481 e. The molecule has 1 fully saturated rings. The van der Waals surface area contributed by atoms with E-state index in [0.717, 1.165) is 49.4 Å².